The van der Waals surface area contributed by atoms with Crippen LogP contribution in [0.2, 0.25) is 5.02 Å². The van der Waals surface area contributed by atoms with Crippen LogP contribution in [0.4, 0.5) is 5.95 Å². The second-order valence-electron chi connectivity index (χ2n) is 8.38. The summed E-state index contributed by atoms with van der Waals surface area (Å²) >= 11 is 9.84. The van der Waals surface area contributed by atoms with Gasteiger partial charge in [-0.3, -0.25) is 4.90 Å². The number of aromatic nitrogens is 4. The van der Waals surface area contributed by atoms with Crippen molar-refractivity contribution in [1.82, 2.24) is 24.5 Å². The number of benzene rings is 1. The van der Waals surface area contributed by atoms with Crippen LogP contribution in [0.5, 0.6) is 0 Å². The Morgan fingerprint density at radius 1 is 1.00 bits per heavy atom. The van der Waals surface area contributed by atoms with Crippen LogP contribution in [0.3, 0.4) is 0 Å². The van der Waals surface area contributed by atoms with E-state index in [1.165, 1.54) is 10.4 Å². The standard InChI is InChI=1S/C24H23ClN6S2/c1-16-7-13-33-21(16)15-29-8-3-9-30(11-10-29)24-26-19-14-17(25)5-6-18(19)22-27-28-23(31(22)24)20-4-2-12-32-20/h2,4-7,12-14H,3,8-11,15H2,1H3. The predicted molar refractivity (Wildman–Crippen MR) is 138 cm³/mol. The Hall–Kier alpha value is -2.52. The number of rotatable bonds is 4. The van der Waals surface area contributed by atoms with E-state index >= 15 is 0 Å². The third-order valence-electron chi connectivity index (χ3n) is 6.23. The van der Waals surface area contributed by atoms with Gasteiger partial charge >= 0.3 is 0 Å². The quantitative estimate of drug-likeness (QED) is 0.319. The van der Waals surface area contributed by atoms with Gasteiger partial charge in [-0.2, -0.15) is 0 Å². The summed E-state index contributed by atoms with van der Waals surface area (Å²) in [5.74, 6) is 1.73. The molecule has 1 fully saturated rings. The van der Waals surface area contributed by atoms with Crippen molar-refractivity contribution in [2.75, 3.05) is 31.1 Å². The summed E-state index contributed by atoms with van der Waals surface area (Å²) in [5.41, 5.74) is 3.07. The molecule has 0 unspecified atom stereocenters. The number of fused-ring (bicyclic) bond motifs is 3. The smallest absolute Gasteiger partial charge is 0.213 e. The summed E-state index contributed by atoms with van der Waals surface area (Å²) in [7, 11) is 0. The van der Waals surface area contributed by atoms with Crippen LogP contribution in [0, 0.1) is 6.92 Å². The monoisotopic (exact) mass is 494 g/mol. The molecule has 0 aliphatic carbocycles. The van der Waals surface area contributed by atoms with Gasteiger partial charge in [-0.25, -0.2) is 9.38 Å². The van der Waals surface area contributed by atoms with Gasteiger partial charge < -0.3 is 4.90 Å². The third kappa shape index (κ3) is 3.91. The summed E-state index contributed by atoms with van der Waals surface area (Å²) in [5, 5.41) is 15.1. The van der Waals surface area contributed by atoms with Gasteiger partial charge in [0, 0.05) is 48.0 Å². The minimum absolute atomic E-state index is 0.677. The molecule has 0 amide bonds. The van der Waals surface area contributed by atoms with Gasteiger partial charge in [0.15, 0.2) is 11.5 Å². The number of aryl methyl sites for hydroxylation is 1. The Morgan fingerprint density at radius 3 is 2.76 bits per heavy atom. The van der Waals surface area contributed by atoms with E-state index in [0.717, 1.165) is 72.3 Å². The van der Waals surface area contributed by atoms with Crippen LogP contribution in [-0.2, 0) is 6.54 Å². The first-order valence-electron chi connectivity index (χ1n) is 11.1. The van der Waals surface area contributed by atoms with Crippen LogP contribution < -0.4 is 4.90 Å². The van der Waals surface area contributed by atoms with Gasteiger partial charge in [0.05, 0.1) is 10.4 Å². The molecule has 1 aromatic carbocycles. The molecule has 4 aromatic heterocycles. The normalized spacial score (nSPS) is 15.5. The second kappa shape index (κ2) is 8.68. The summed E-state index contributed by atoms with van der Waals surface area (Å²) < 4.78 is 2.13. The fourth-order valence-corrected chi connectivity index (χ4v) is 6.28. The van der Waals surface area contributed by atoms with Crippen LogP contribution in [0.15, 0.2) is 47.2 Å². The summed E-state index contributed by atoms with van der Waals surface area (Å²) in [4.78, 5) is 12.6. The molecule has 9 heteroatoms. The molecule has 33 heavy (non-hydrogen) atoms. The van der Waals surface area contributed by atoms with Crippen LogP contribution in [0.25, 0.3) is 27.3 Å². The van der Waals surface area contributed by atoms with E-state index < -0.39 is 0 Å². The van der Waals surface area contributed by atoms with E-state index in [9.17, 15) is 0 Å². The van der Waals surface area contributed by atoms with E-state index in [4.69, 9.17) is 16.6 Å². The van der Waals surface area contributed by atoms with Gasteiger partial charge in [0.25, 0.3) is 0 Å². The molecule has 5 heterocycles. The highest BCUT2D eigenvalue weighted by molar-refractivity contribution is 7.13. The van der Waals surface area contributed by atoms with Gasteiger partial charge in [0.1, 0.15) is 0 Å². The van der Waals surface area contributed by atoms with Crippen molar-refractivity contribution in [2.45, 2.75) is 19.9 Å². The van der Waals surface area contributed by atoms with Crippen molar-refractivity contribution >= 4 is 56.8 Å². The third-order valence-corrected chi connectivity index (χ3v) is 8.34. The summed E-state index contributed by atoms with van der Waals surface area (Å²) in [6, 6.07) is 12.1. The van der Waals surface area contributed by atoms with Gasteiger partial charge in [-0.05, 0) is 60.0 Å². The molecule has 6 rings (SSSR count). The first-order valence-corrected chi connectivity index (χ1v) is 13.2. The lowest BCUT2D eigenvalue weighted by atomic mass is 10.2. The second-order valence-corrected chi connectivity index (χ2v) is 10.8. The Balaban J connectivity index is 1.41. The average molecular weight is 495 g/mol. The largest absolute Gasteiger partial charge is 0.341 e. The van der Waals surface area contributed by atoms with Crippen molar-refractivity contribution in [3.63, 3.8) is 0 Å². The van der Waals surface area contributed by atoms with E-state index in [1.807, 2.05) is 35.6 Å². The van der Waals surface area contributed by atoms with Gasteiger partial charge in [-0.1, -0.05) is 17.7 Å². The highest BCUT2D eigenvalue weighted by Crippen LogP contribution is 2.32. The van der Waals surface area contributed by atoms with Crippen molar-refractivity contribution in [2.24, 2.45) is 0 Å². The summed E-state index contributed by atoms with van der Waals surface area (Å²) in [6.45, 7) is 7.13. The molecule has 1 aliphatic heterocycles. The fraction of sp³-hybridized carbons (Fsp3) is 0.292. The molecule has 1 aliphatic rings. The minimum Gasteiger partial charge on any atom is -0.341 e. The molecule has 5 aromatic rings. The maximum Gasteiger partial charge on any atom is 0.213 e. The van der Waals surface area contributed by atoms with Crippen molar-refractivity contribution in [1.29, 1.82) is 0 Å². The van der Waals surface area contributed by atoms with Gasteiger partial charge in [-0.15, -0.1) is 32.9 Å². The number of thiophene rings is 2. The van der Waals surface area contributed by atoms with E-state index in [-0.39, 0.29) is 0 Å². The zero-order valence-electron chi connectivity index (χ0n) is 18.2. The van der Waals surface area contributed by atoms with E-state index in [2.05, 4.69) is 54.2 Å². The number of hydrogen-bond acceptors (Lipinski definition) is 7. The number of halogens is 1. The first-order chi connectivity index (χ1) is 16.2. The highest BCUT2D eigenvalue weighted by atomic mass is 35.5. The van der Waals surface area contributed by atoms with Crippen molar-refractivity contribution < 1.29 is 0 Å². The topological polar surface area (TPSA) is 49.6 Å². The molecule has 1 saturated heterocycles. The number of anilines is 1. The molecule has 168 valence electrons. The first kappa shape index (κ1) is 21.0. The molecule has 0 N–H and O–H groups in total. The Kier molecular flexibility index (Phi) is 5.54. The molecule has 0 radical (unpaired) electrons. The molecular weight excluding hydrogens is 472 g/mol. The number of nitrogens with zero attached hydrogens (tertiary/aromatic N) is 6. The number of hydrogen-bond donors (Lipinski definition) is 0. The SMILES string of the molecule is Cc1ccsc1CN1CCCN(c2nc3cc(Cl)ccc3c3nnc(-c4cccs4)n23)CC1. The summed E-state index contributed by atoms with van der Waals surface area (Å²) in [6.07, 6.45) is 1.08. The lowest BCUT2D eigenvalue weighted by Crippen LogP contribution is -2.32. The molecular formula is C24H23ClN6S2. The minimum atomic E-state index is 0.677. The van der Waals surface area contributed by atoms with Gasteiger partial charge in [0.2, 0.25) is 5.95 Å². The lowest BCUT2D eigenvalue weighted by molar-refractivity contribution is 0.287. The van der Waals surface area contributed by atoms with Crippen LogP contribution in [0.1, 0.15) is 16.9 Å². The van der Waals surface area contributed by atoms with E-state index in [1.54, 1.807) is 11.3 Å². The average Bonchev–Trinajstić information content (AvgIpc) is 3.53. The Labute approximate surface area is 205 Å². The zero-order chi connectivity index (χ0) is 22.4. The van der Waals surface area contributed by atoms with Crippen LogP contribution >= 0.6 is 34.3 Å². The molecule has 0 spiro atoms. The fourth-order valence-electron chi connectivity index (χ4n) is 4.47. The molecule has 6 nitrogen and oxygen atoms in total. The van der Waals surface area contributed by atoms with Crippen LogP contribution in [-0.4, -0.2) is 50.7 Å². The Morgan fingerprint density at radius 2 is 1.94 bits per heavy atom. The van der Waals surface area contributed by atoms with Crippen molar-refractivity contribution in [3.05, 3.63) is 62.6 Å². The maximum atomic E-state index is 6.32. The lowest BCUT2D eigenvalue weighted by Gasteiger charge is -2.24. The Bertz CT molecular complexity index is 1420. The van der Waals surface area contributed by atoms with E-state index in [0.29, 0.717) is 5.02 Å². The zero-order valence-corrected chi connectivity index (χ0v) is 20.6. The maximum absolute atomic E-state index is 6.32. The predicted octanol–water partition coefficient (Wildman–Crippen LogP) is 5.74. The molecule has 0 saturated carbocycles. The highest BCUT2D eigenvalue weighted by Gasteiger charge is 2.23. The molecule has 0 bridgehead atoms. The molecule has 0 atom stereocenters. The van der Waals surface area contributed by atoms with Crippen molar-refractivity contribution in [3.8, 4) is 10.7 Å².